The average Bonchev–Trinajstić information content (AvgIpc) is 2.92. The summed E-state index contributed by atoms with van der Waals surface area (Å²) in [5, 5.41) is 5.50. The van der Waals surface area contributed by atoms with E-state index in [2.05, 4.69) is 39.6 Å². The van der Waals surface area contributed by atoms with Gasteiger partial charge in [0.25, 0.3) is 0 Å². The average molecular weight is 289 g/mol. The predicted octanol–water partition coefficient (Wildman–Crippen LogP) is 2.90. The maximum Gasteiger partial charge on any atom is 0.126 e. The molecule has 2 aromatic rings. The smallest absolute Gasteiger partial charge is 0.126 e. The molecule has 0 aliphatic carbocycles. The van der Waals surface area contributed by atoms with Crippen LogP contribution in [0.1, 0.15) is 10.4 Å². The van der Waals surface area contributed by atoms with Gasteiger partial charge in [-0.3, -0.25) is 0 Å². The molecule has 0 radical (unpaired) electrons. The van der Waals surface area contributed by atoms with Crippen LogP contribution in [0.4, 0.5) is 11.5 Å². The van der Waals surface area contributed by atoms with E-state index in [-0.39, 0.29) is 0 Å². The molecule has 0 unspecified atom stereocenters. The SMILES string of the molecule is Cc1ccsc1CNc1ccc(N2CCOCC2)cn1. The second-order valence-electron chi connectivity index (χ2n) is 4.88. The fraction of sp³-hybridized carbons (Fsp3) is 0.400. The zero-order chi connectivity index (χ0) is 13.8. The number of anilines is 2. The zero-order valence-electron chi connectivity index (χ0n) is 11.6. The maximum absolute atomic E-state index is 5.36. The van der Waals surface area contributed by atoms with Crippen LogP contribution < -0.4 is 10.2 Å². The van der Waals surface area contributed by atoms with Gasteiger partial charge < -0.3 is 15.0 Å². The second kappa shape index (κ2) is 6.24. The van der Waals surface area contributed by atoms with Crippen molar-refractivity contribution in [2.75, 3.05) is 36.5 Å². The first kappa shape index (κ1) is 13.4. The normalized spacial score (nSPS) is 15.3. The van der Waals surface area contributed by atoms with Crippen LogP contribution in [0, 0.1) is 6.92 Å². The maximum atomic E-state index is 5.36. The number of hydrogen-bond donors (Lipinski definition) is 1. The summed E-state index contributed by atoms with van der Waals surface area (Å²) in [4.78, 5) is 8.17. The van der Waals surface area contributed by atoms with E-state index >= 15 is 0 Å². The van der Waals surface area contributed by atoms with Crippen molar-refractivity contribution in [1.29, 1.82) is 0 Å². The Kier molecular flexibility index (Phi) is 4.18. The zero-order valence-corrected chi connectivity index (χ0v) is 12.4. The molecule has 1 saturated heterocycles. The van der Waals surface area contributed by atoms with Crippen LogP contribution in [0.15, 0.2) is 29.8 Å². The van der Waals surface area contributed by atoms with Gasteiger partial charge in [0.1, 0.15) is 5.82 Å². The second-order valence-corrected chi connectivity index (χ2v) is 5.88. The summed E-state index contributed by atoms with van der Waals surface area (Å²) in [5.74, 6) is 0.926. The number of nitrogens with zero attached hydrogens (tertiary/aromatic N) is 2. The van der Waals surface area contributed by atoms with Gasteiger partial charge in [-0.1, -0.05) is 0 Å². The number of morpholine rings is 1. The Bertz CT molecular complexity index is 547. The van der Waals surface area contributed by atoms with Crippen molar-refractivity contribution in [2.24, 2.45) is 0 Å². The summed E-state index contributed by atoms with van der Waals surface area (Å²) in [7, 11) is 0. The van der Waals surface area contributed by atoms with Gasteiger partial charge in [0.15, 0.2) is 0 Å². The van der Waals surface area contributed by atoms with Crippen molar-refractivity contribution in [2.45, 2.75) is 13.5 Å². The van der Waals surface area contributed by atoms with Gasteiger partial charge in [0.2, 0.25) is 0 Å². The van der Waals surface area contributed by atoms with Gasteiger partial charge in [-0.15, -0.1) is 11.3 Å². The summed E-state index contributed by atoms with van der Waals surface area (Å²) in [5.41, 5.74) is 2.51. The molecular weight excluding hydrogens is 270 g/mol. The molecule has 0 saturated carbocycles. The Morgan fingerprint density at radius 2 is 2.15 bits per heavy atom. The van der Waals surface area contributed by atoms with Crippen LogP contribution in [0.2, 0.25) is 0 Å². The number of nitrogens with one attached hydrogen (secondary N) is 1. The molecule has 0 aromatic carbocycles. The fourth-order valence-electron chi connectivity index (χ4n) is 2.26. The lowest BCUT2D eigenvalue weighted by atomic mass is 10.3. The highest BCUT2D eigenvalue weighted by Gasteiger charge is 2.11. The van der Waals surface area contributed by atoms with E-state index in [0.717, 1.165) is 38.7 Å². The minimum absolute atomic E-state index is 0.803. The molecule has 0 amide bonds. The first-order valence-corrected chi connectivity index (χ1v) is 7.76. The van der Waals surface area contributed by atoms with Gasteiger partial charge in [0, 0.05) is 18.0 Å². The minimum Gasteiger partial charge on any atom is -0.378 e. The molecule has 1 aliphatic heterocycles. The molecule has 0 atom stereocenters. The number of aromatic nitrogens is 1. The molecular formula is C15H19N3OS. The van der Waals surface area contributed by atoms with E-state index in [9.17, 15) is 0 Å². The lowest BCUT2D eigenvalue weighted by Crippen LogP contribution is -2.36. The third kappa shape index (κ3) is 3.11. The summed E-state index contributed by atoms with van der Waals surface area (Å²) >= 11 is 1.78. The minimum atomic E-state index is 0.803. The van der Waals surface area contributed by atoms with Crippen LogP contribution in [0.5, 0.6) is 0 Å². The quantitative estimate of drug-likeness (QED) is 0.939. The molecule has 4 nitrogen and oxygen atoms in total. The molecule has 3 rings (SSSR count). The molecule has 1 aliphatic rings. The molecule has 20 heavy (non-hydrogen) atoms. The number of rotatable bonds is 4. The van der Waals surface area contributed by atoms with E-state index in [1.165, 1.54) is 16.1 Å². The van der Waals surface area contributed by atoms with Gasteiger partial charge in [-0.2, -0.15) is 0 Å². The van der Waals surface area contributed by atoms with Gasteiger partial charge in [-0.25, -0.2) is 4.98 Å². The summed E-state index contributed by atoms with van der Waals surface area (Å²) in [6.45, 7) is 6.48. The van der Waals surface area contributed by atoms with Crippen molar-refractivity contribution >= 4 is 22.8 Å². The Labute approximate surface area is 123 Å². The summed E-state index contributed by atoms with van der Waals surface area (Å²) in [6.07, 6.45) is 1.94. The van der Waals surface area contributed by atoms with Gasteiger partial charge >= 0.3 is 0 Å². The van der Waals surface area contributed by atoms with Crippen LogP contribution >= 0.6 is 11.3 Å². The van der Waals surface area contributed by atoms with E-state index in [4.69, 9.17) is 4.74 Å². The molecule has 0 bridgehead atoms. The molecule has 106 valence electrons. The number of ether oxygens (including phenoxy) is 1. The summed E-state index contributed by atoms with van der Waals surface area (Å²) < 4.78 is 5.36. The lowest BCUT2D eigenvalue weighted by molar-refractivity contribution is 0.122. The first-order chi connectivity index (χ1) is 9.83. The third-order valence-electron chi connectivity index (χ3n) is 3.52. The first-order valence-electron chi connectivity index (χ1n) is 6.88. The number of thiophene rings is 1. The van der Waals surface area contributed by atoms with Crippen LogP contribution in [-0.4, -0.2) is 31.3 Å². The fourth-order valence-corrected chi connectivity index (χ4v) is 3.10. The van der Waals surface area contributed by atoms with Gasteiger partial charge in [0.05, 0.1) is 31.6 Å². The van der Waals surface area contributed by atoms with Gasteiger partial charge in [-0.05, 0) is 36.1 Å². The van der Waals surface area contributed by atoms with Crippen molar-refractivity contribution < 1.29 is 4.74 Å². The largest absolute Gasteiger partial charge is 0.378 e. The topological polar surface area (TPSA) is 37.4 Å². The number of hydrogen-bond acceptors (Lipinski definition) is 5. The monoisotopic (exact) mass is 289 g/mol. The van der Waals surface area contributed by atoms with E-state index < -0.39 is 0 Å². The summed E-state index contributed by atoms with van der Waals surface area (Å²) in [6, 6.07) is 6.33. The van der Waals surface area contributed by atoms with Crippen LogP contribution in [-0.2, 0) is 11.3 Å². The molecule has 0 spiro atoms. The van der Waals surface area contributed by atoms with Crippen LogP contribution in [0.3, 0.4) is 0 Å². The molecule has 5 heteroatoms. The third-order valence-corrected chi connectivity index (χ3v) is 4.55. The number of pyridine rings is 1. The van der Waals surface area contributed by atoms with Crippen molar-refractivity contribution in [3.05, 3.63) is 40.2 Å². The van der Waals surface area contributed by atoms with Crippen molar-refractivity contribution in [1.82, 2.24) is 4.98 Å². The highest BCUT2D eigenvalue weighted by molar-refractivity contribution is 7.10. The van der Waals surface area contributed by atoms with E-state index in [0.29, 0.717) is 0 Å². The molecule has 1 fully saturated rings. The van der Waals surface area contributed by atoms with Crippen molar-refractivity contribution in [3.8, 4) is 0 Å². The number of aryl methyl sites for hydroxylation is 1. The predicted molar refractivity (Wildman–Crippen MR) is 83.7 cm³/mol. The molecule has 1 N–H and O–H groups in total. The highest BCUT2D eigenvalue weighted by atomic mass is 32.1. The Balaban J connectivity index is 1.59. The molecule has 3 heterocycles. The van der Waals surface area contributed by atoms with E-state index in [1.54, 1.807) is 11.3 Å². The standard InChI is InChI=1S/C15H19N3OS/c1-12-4-9-20-14(12)11-17-15-3-2-13(10-16-15)18-5-7-19-8-6-18/h2-4,9-10H,5-8,11H2,1H3,(H,16,17). The van der Waals surface area contributed by atoms with E-state index in [1.807, 2.05) is 12.3 Å². The Morgan fingerprint density at radius 3 is 2.80 bits per heavy atom. The molecule has 2 aromatic heterocycles. The Hall–Kier alpha value is -1.59. The van der Waals surface area contributed by atoms with Crippen LogP contribution in [0.25, 0.3) is 0 Å². The lowest BCUT2D eigenvalue weighted by Gasteiger charge is -2.28. The Morgan fingerprint density at radius 1 is 1.30 bits per heavy atom. The van der Waals surface area contributed by atoms with Crippen molar-refractivity contribution in [3.63, 3.8) is 0 Å². The highest BCUT2D eigenvalue weighted by Crippen LogP contribution is 2.19.